The summed E-state index contributed by atoms with van der Waals surface area (Å²) in [6, 6.07) is 18.2. The van der Waals surface area contributed by atoms with Crippen LogP contribution in [0.3, 0.4) is 0 Å². The minimum Gasteiger partial charge on any atom is -0.493 e. The lowest BCUT2D eigenvalue weighted by Gasteiger charge is -2.38. The molecule has 3 aromatic carbocycles. The molecule has 0 aromatic heterocycles. The Morgan fingerprint density at radius 3 is 2.52 bits per heavy atom. The Morgan fingerprint density at radius 2 is 1.77 bits per heavy atom. The number of nitrogens with zero attached hydrogens (tertiary/aromatic N) is 2. The highest BCUT2D eigenvalue weighted by Crippen LogP contribution is 2.48. The molecule has 31 heavy (non-hydrogen) atoms. The van der Waals surface area contributed by atoms with Crippen molar-refractivity contribution in [2.75, 3.05) is 14.2 Å². The molecular formula is C24H20BrFN2O3. The Morgan fingerprint density at radius 1 is 1.00 bits per heavy atom. The Hall–Kier alpha value is -3.06. The van der Waals surface area contributed by atoms with Crippen molar-refractivity contribution in [2.45, 2.75) is 18.7 Å². The summed E-state index contributed by atoms with van der Waals surface area (Å²) in [5.41, 5.74) is 3.79. The van der Waals surface area contributed by atoms with E-state index in [0.29, 0.717) is 17.9 Å². The van der Waals surface area contributed by atoms with Crippen LogP contribution >= 0.6 is 15.9 Å². The molecule has 0 bridgehead atoms. The van der Waals surface area contributed by atoms with Gasteiger partial charge in [0.05, 0.1) is 26.0 Å². The largest absolute Gasteiger partial charge is 0.493 e. The van der Waals surface area contributed by atoms with Gasteiger partial charge in [-0.05, 0) is 48.5 Å². The number of halogens is 2. The van der Waals surface area contributed by atoms with Gasteiger partial charge in [-0.2, -0.15) is 5.10 Å². The SMILES string of the molecule is COc1ccc(C2=NN3[C@H](C2)c2cc(Br)ccc2O[C@H]3c2ccc(F)cc2)cc1OC. The summed E-state index contributed by atoms with van der Waals surface area (Å²) in [6.45, 7) is 0. The quantitative estimate of drug-likeness (QED) is 0.467. The van der Waals surface area contributed by atoms with Crippen molar-refractivity contribution in [1.29, 1.82) is 0 Å². The molecule has 7 heteroatoms. The maximum atomic E-state index is 13.5. The highest BCUT2D eigenvalue weighted by molar-refractivity contribution is 9.10. The van der Waals surface area contributed by atoms with E-state index in [-0.39, 0.29) is 11.9 Å². The highest BCUT2D eigenvalue weighted by Gasteiger charge is 2.41. The lowest BCUT2D eigenvalue weighted by Crippen LogP contribution is -2.33. The van der Waals surface area contributed by atoms with Gasteiger partial charge in [0.15, 0.2) is 11.5 Å². The molecule has 158 valence electrons. The first-order valence-corrected chi connectivity index (χ1v) is 10.7. The number of hydrogen-bond donors (Lipinski definition) is 0. The predicted octanol–water partition coefficient (Wildman–Crippen LogP) is 5.85. The summed E-state index contributed by atoms with van der Waals surface area (Å²) >= 11 is 3.57. The van der Waals surface area contributed by atoms with Crippen molar-refractivity contribution in [3.05, 3.63) is 87.6 Å². The molecule has 0 N–H and O–H groups in total. The Kier molecular flexibility index (Phi) is 5.06. The van der Waals surface area contributed by atoms with Crippen LogP contribution in [0.5, 0.6) is 17.2 Å². The van der Waals surface area contributed by atoms with Gasteiger partial charge >= 0.3 is 0 Å². The maximum Gasteiger partial charge on any atom is 0.213 e. The number of rotatable bonds is 4. The topological polar surface area (TPSA) is 43.3 Å². The molecule has 2 aliphatic heterocycles. The van der Waals surface area contributed by atoms with E-state index in [9.17, 15) is 4.39 Å². The zero-order chi connectivity index (χ0) is 21.5. The van der Waals surface area contributed by atoms with Gasteiger partial charge in [0.25, 0.3) is 0 Å². The Labute approximate surface area is 188 Å². The Balaban J connectivity index is 1.58. The third-order valence-corrected chi connectivity index (χ3v) is 6.12. The third kappa shape index (κ3) is 3.53. The van der Waals surface area contributed by atoms with E-state index >= 15 is 0 Å². The van der Waals surface area contributed by atoms with Crippen LogP contribution in [-0.2, 0) is 0 Å². The molecule has 2 aliphatic rings. The van der Waals surface area contributed by atoms with Gasteiger partial charge in [0.1, 0.15) is 11.6 Å². The van der Waals surface area contributed by atoms with E-state index in [0.717, 1.165) is 32.6 Å². The first-order chi connectivity index (χ1) is 15.1. The standard InChI is InChI=1S/C24H20BrFN2O3/c1-29-22-9-5-15(11-23(22)30-2)19-13-20-18-12-16(25)6-10-21(18)31-24(28(20)27-19)14-3-7-17(26)8-4-14/h3-12,20,24H,13H2,1-2H3/t20-,24+/m1/s1. The third-order valence-electron chi connectivity index (χ3n) is 5.62. The first-order valence-electron chi connectivity index (χ1n) is 9.87. The molecule has 2 heterocycles. The molecule has 2 atom stereocenters. The summed E-state index contributed by atoms with van der Waals surface area (Å²) in [6.07, 6.45) is 0.261. The molecule has 0 unspecified atom stereocenters. The number of benzene rings is 3. The van der Waals surface area contributed by atoms with Gasteiger partial charge in [-0.1, -0.05) is 28.1 Å². The monoisotopic (exact) mass is 482 g/mol. The summed E-state index contributed by atoms with van der Waals surface area (Å²) in [7, 11) is 3.23. The van der Waals surface area contributed by atoms with Crippen molar-refractivity contribution in [3.63, 3.8) is 0 Å². The van der Waals surface area contributed by atoms with Crippen molar-refractivity contribution in [2.24, 2.45) is 5.10 Å². The Bertz CT molecular complexity index is 1170. The summed E-state index contributed by atoms with van der Waals surface area (Å²) < 4.78 is 31.6. The average molecular weight is 483 g/mol. The van der Waals surface area contributed by atoms with E-state index in [1.54, 1.807) is 26.4 Å². The van der Waals surface area contributed by atoms with Crippen LogP contribution < -0.4 is 14.2 Å². The number of hydrazone groups is 1. The minimum atomic E-state index is -0.447. The van der Waals surface area contributed by atoms with E-state index in [1.807, 2.05) is 35.3 Å². The lowest BCUT2D eigenvalue weighted by molar-refractivity contribution is -0.0191. The molecule has 0 spiro atoms. The fourth-order valence-corrected chi connectivity index (χ4v) is 4.47. The van der Waals surface area contributed by atoms with Crippen molar-refractivity contribution < 1.29 is 18.6 Å². The molecule has 5 rings (SSSR count). The van der Waals surface area contributed by atoms with Crippen molar-refractivity contribution in [3.8, 4) is 17.2 Å². The van der Waals surface area contributed by atoms with Gasteiger partial charge in [0, 0.05) is 27.6 Å². The minimum absolute atomic E-state index is 0.000556. The number of methoxy groups -OCH3 is 2. The van der Waals surface area contributed by atoms with Gasteiger partial charge < -0.3 is 14.2 Å². The van der Waals surface area contributed by atoms with Gasteiger partial charge in [-0.3, -0.25) is 0 Å². The second-order valence-electron chi connectivity index (χ2n) is 7.42. The van der Waals surface area contributed by atoms with Crippen LogP contribution in [-0.4, -0.2) is 24.9 Å². The van der Waals surface area contributed by atoms with Gasteiger partial charge in [-0.25, -0.2) is 9.40 Å². The molecule has 0 radical (unpaired) electrons. The zero-order valence-corrected chi connectivity index (χ0v) is 18.6. The van der Waals surface area contributed by atoms with Crippen molar-refractivity contribution >= 4 is 21.6 Å². The second-order valence-corrected chi connectivity index (χ2v) is 8.34. The smallest absolute Gasteiger partial charge is 0.213 e. The lowest BCUT2D eigenvalue weighted by atomic mass is 9.96. The molecule has 3 aromatic rings. The van der Waals surface area contributed by atoms with E-state index in [4.69, 9.17) is 19.3 Å². The van der Waals surface area contributed by atoms with Crippen LogP contribution in [0, 0.1) is 5.82 Å². The van der Waals surface area contributed by atoms with E-state index < -0.39 is 6.23 Å². The molecule has 0 saturated carbocycles. The fourth-order valence-electron chi connectivity index (χ4n) is 4.10. The highest BCUT2D eigenvalue weighted by atomic mass is 79.9. The fraction of sp³-hybridized carbons (Fsp3) is 0.208. The molecule has 0 aliphatic carbocycles. The normalized spacial score (nSPS) is 19.2. The molecular weight excluding hydrogens is 463 g/mol. The number of hydrogen-bond acceptors (Lipinski definition) is 5. The van der Waals surface area contributed by atoms with Crippen LogP contribution in [0.1, 0.15) is 35.4 Å². The van der Waals surface area contributed by atoms with Gasteiger partial charge in [0.2, 0.25) is 6.23 Å². The van der Waals surface area contributed by atoms with Crippen LogP contribution in [0.25, 0.3) is 0 Å². The summed E-state index contributed by atoms with van der Waals surface area (Å²) in [5.74, 6) is 1.85. The summed E-state index contributed by atoms with van der Waals surface area (Å²) in [4.78, 5) is 0. The molecule has 0 amide bonds. The second kappa shape index (κ2) is 7.89. The maximum absolute atomic E-state index is 13.5. The molecule has 0 saturated heterocycles. The molecule has 5 nitrogen and oxygen atoms in total. The van der Waals surface area contributed by atoms with Crippen LogP contribution in [0.15, 0.2) is 70.2 Å². The van der Waals surface area contributed by atoms with Crippen LogP contribution in [0.4, 0.5) is 4.39 Å². The van der Waals surface area contributed by atoms with E-state index in [2.05, 4.69) is 22.0 Å². The molecule has 0 fully saturated rings. The average Bonchev–Trinajstić information content (AvgIpc) is 3.24. The van der Waals surface area contributed by atoms with Crippen molar-refractivity contribution in [1.82, 2.24) is 5.01 Å². The zero-order valence-electron chi connectivity index (χ0n) is 17.0. The predicted molar refractivity (Wildman–Crippen MR) is 119 cm³/mol. The van der Waals surface area contributed by atoms with E-state index in [1.165, 1.54) is 12.1 Å². The first kappa shape index (κ1) is 19.9. The number of fused-ring (bicyclic) bond motifs is 3. The summed E-state index contributed by atoms with van der Waals surface area (Å²) in [5, 5.41) is 6.91. The van der Waals surface area contributed by atoms with Crippen LogP contribution in [0.2, 0.25) is 0 Å². The van der Waals surface area contributed by atoms with Gasteiger partial charge in [-0.15, -0.1) is 0 Å². The number of ether oxygens (including phenoxy) is 3.